The van der Waals surface area contributed by atoms with Crippen LogP contribution in [0.1, 0.15) is 36.2 Å². The highest BCUT2D eigenvalue weighted by Gasteiger charge is 2.55. The van der Waals surface area contributed by atoms with Crippen LogP contribution >= 0.6 is 0 Å². The molecule has 13 heteroatoms. The van der Waals surface area contributed by atoms with Gasteiger partial charge in [-0.25, -0.2) is 9.18 Å². The number of piperidine rings is 1. The van der Waals surface area contributed by atoms with Gasteiger partial charge in [0.1, 0.15) is 0 Å². The molecule has 1 spiro atoms. The highest BCUT2D eigenvalue weighted by Crippen LogP contribution is 2.48. The second kappa shape index (κ2) is 8.93. The third-order valence-corrected chi connectivity index (χ3v) is 7.77. The first-order valence-electron chi connectivity index (χ1n) is 11.8. The number of rotatable bonds is 4. The monoisotopic (exact) mass is 511 g/mol. The van der Waals surface area contributed by atoms with E-state index in [2.05, 4.69) is 20.1 Å². The van der Waals surface area contributed by atoms with E-state index >= 15 is 0 Å². The summed E-state index contributed by atoms with van der Waals surface area (Å²) in [5.41, 5.74) is 1.79. The van der Waals surface area contributed by atoms with Crippen LogP contribution in [0.25, 0.3) is 0 Å². The van der Waals surface area contributed by atoms with Crippen molar-refractivity contribution in [2.45, 2.75) is 50.9 Å². The zero-order valence-corrected chi connectivity index (χ0v) is 19.2. The maximum absolute atomic E-state index is 14.2. The van der Waals surface area contributed by atoms with Gasteiger partial charge in [-0.05, 0) is 49.8 Å². The predicted molar refractivity (Wildman–Crippen MR) is 115 cm³/mol. The molecule has 2 unspecified atom stereocenters. The summed E-state index contributed by atoms with van der Waals surface area (Å²) in [7, 11) is 0. The molecule has 9 nitrogen and oxygen atoms in total. The first-order chi connectivity index (χ1) is 17.0. The number of fused-ring (bicyclic) bond motifs is 1. The van der Waals surface area contributed by atoms with Crippen molar-refractivity contribution in [3.63, 3.8) is 0 Å². The molecule has 194 valence electrons. The van der Waals surface area contributed by atoms with Gasteiger partial charge in [0.05, 0.1) is 11.4 Å². The van der Waals surface area contributed by atoms with Crippen molar-refractivity contribution >= 4 is 12.0 Å². The fraction of sp³-hybridized carbons (Fsp3) is 0.565. The molecule has 0 saturated carbocycles. The number of H-pyrrole nitrogens is 1. The van der Waals surface area contributed by atoms with E-state index < -0.39 is 30.1 Å². The van der Waals surface area contributed by atoms with Crippen LogP contribution in [0.2, 0.25) is 0 Å². The molecule has 2 aliphatic heterocycles. The standard InChI is InChI=1S/C23H25F4N5O4/c24-15-9-13(1-4-18(15)36-23(25,26)27)10-19-22(12-32(19)21(34)35)5-7-31(8-6-22)20(33)14-2-3-16-17(11-14)29-30-28-16/h1,4,9,14,19H,2-3,5-8,10-12H2,(H,34,35)(H,28,29,30). The van der Waals surface area contributed by atoms with Gasteiger partial charge in [0.15, 0.2) is 11.6 Å². The lowest BCUT2D eigenvalue weighted by atomic mass is 9.63. The van der Waals surface area contributed by atoms with Gasteiger partial charge in [-0.1, -0.05) is 11.3 Å². The number of nitrogens with one attached hydrogen (secondary N) is 1. The van der Waals surface area contributed by atoms with Crippen LogP contribution in [0.3, 0.4) is 0 Å². The highest BCUT2D eigenvalue weighted by atomic mass is 19.4. The molecular weight excluding hydrogens is 486 g/mol. The number of aromatic amines is 1. The Labute approximate surface area is 203 Å². The largest absolute Gasteiger partial charge is 0.573 e. The number of carboxylic acid groups (broad SMARTS) is 1. The molecule has 3 heterocycles. The summed E-state index contributed by atoms with van der Waals surface area (Å²) in [6, 6.07) is 2.71. The molecule has 2 fully saturated rings. The van der Waals surface area contributed by atoms with Crippen LogP contribution in [0, 0.1) is 17.2 Å². The lowest BCUT2D eigenvalue weighted by Crippen LogP contribution is -2.69. The number of carbonyl (C=O) groups is 2. The van der Waals surface area contributed by atoms with Gasteiger partial charge in [0.25, 0.3) is 0 Å². The topological polar surface area (TPSA) is 112 Å². The molecule has 1 aliphatic carbocycles. The van der Waals surface area contributed by atoms with Crippen LogP contribution in [0.5, 0.6) is 5.75 Å². The molecule has 2 N–H and O–H groups in total. The van der Waals surface area contributed by atoms with Crippen molar-refractivity contribution in [3.8, 4) is 5.75 Å². The summed E-state index contributed by atoms with van der Waals surface area (Å²) in [6.45, 7) is 1.27. The second-order valence-electron chi connectivity index (χ2n) is 9.81. The van der Waals surface area contributed by atoms with E-state index in [-0.39, 0.29) is 23.7 Å². The van der Waals surface area contributed by atoms with Crippen LogP contribution in [0.4, 0.5) is 22.4 Å². The molecule has 0 bridgehead atoms. The minimum Gasteiger partial charge on any atom is -0.465 e. The van der Waals surface area contributed by atoms with Crippen molar-refractivity contribution in [2.24, 2.45) is 11.3 Å². The normalized spacial score (nSPS) is 23.2. The first kappa shape index (κ1) is 24.3. The molecule has 2 atom stereocenters. The number of aromatic nitrogens is 3. The minimum atomic E-state index is -5.01. The number of halogens is 4. The molecule has 1 aromatic carbocycles. The summed E-state index contributed by atoms with van der Waals surface area (Å²) in [6.07, 6.45) is -2.81. The Bertz CT molecular complexity index is 1160. The number of ether oxygens (including phenoxy) is 1. The molecule has 0 radical (unpaired) electrons. The molecule has 36 heavy (non-hydrogen) atoms. The summed E-state index contributed by atoms with van der Waals surface area (Å²) >= 11 is 0. The van der Waals surface area contributed by atoms with Crippen LogP contribution < -0.4 is 4.74 Å². The summed E-state index contributed by atoms with van der Waals surface area (Å²) < 4.78 is 55.2. The number of hydrogen-bond acceptors (Lipinski definition) is 5. The second-order valence-corrected chi connectivity index (χ2v) is 9.81. The quantitative estimate of drug-likeness (QED) is 0.610. The Morgan fingerprint density at radius 1 is 1.25 bits per heavy atom. The van der Waals surface area contributed by atoms with Crippen LogP contribution in [-0.4, -0.2) is 74.4 Å². The van der Waals surface area contributed by atoms with Gasteiger partial charge < -0.3 is 19.6 Å². The molecule has 2 saturated heterocycles. The van der Waals surface area contributed by atoms with Gasteiger partial charge >= 0.3 is 12.5 Å². The van der Waals surface area contributed by atoms with Gasteiger partial charge in [-0.3, -0.25) is 9.89 Å². The molecule has 5 rings (SSSR count). The highest BCUT2D eigenvalue weighted by molar-refractivity contribution is 5.79. The van der Waals surface area contributed by atoms with Crippen molar-refractivity contribution < 1.29 is 37.0 Å². The predicted octanol–water partition coefficient (Wildman–Crippen LogP) is 3.16. The molecular formula is C23H25F4N5O4. The lowest BCUT2D eigenvalue weighted by Gasteiger charge is -2.59. The van der Waals surface area contributed by atoms with E-state index in [1.54, 1.807) is 0 Å². The number of benzene rings is 1. The molecule has 1 aromatic heterocycles. The van der Waals surface area contributed by atoms with Gasteiger partial charge in [0, 0.05) is 43.4 Å². The number of aryl methyl sites for hydroxylation is 1. The zero-order chi connectivity index (χ0) is 25.7. The van der Waals surface area contributed by atoms with Crippen LogP contribution in [0.15, 0.2) is 18.2 Å². The van der Waals surface area contributed by atoms with Crippen LogP contribution in [-0.2, 0) is 24.1 Å². The number of likely N-dealkylation sites (tertiary alicyclic amines) is 2. The Morgan fingerprint density at radius 2 is 2.00 bits per heavy atom. The lowest BCUT2D eigenvalue weighted by molar-refractivity contribution is -0.275. The van der Waals surface area contributed by atoms with E-state index in [0.29, 0.717) is 50.9 Å². The van der Waals surface area contributed by atoms with Gasteiger partial charge in [-0.2, -0.15) is 0 Å². The smallest absolute Gasteiger partial charge is 0.465 e. The first-order valence-corrected chi connectivity index (χ1v) is 11.8. The SMILES string of the molecule is O=C(C1CCc2[nH]nnc2C1)N1CCC2(CC1)CN(C(=O)O)C2Cc1ccc(OC(F)(F)F)c(F)c1. The van der Waals surface area contributed by atoms with E-state index in [4.69, 9.17) is 0 Å². The average molecular weight is 511 g/mol. The number of amides is 2. The fourth-order valence-corrected chi connectivity index (χ4v) is 5.82. The Kier molecular flexibility index (Phi) is 6.03. The van der Waals surface area contributed by atoms with E-state index in [0.717, 1.165) is 29.9 Å². The number of nitrogens with zero attached hydrogens (tertiary/aromatic N) is 4. The molecule has 2 amide bonds. The summed E-state index contributed by atoms with van der Waals surface area (Å²) in [4.78, 5) is 28.0. The van der Waals surface area contributed by atoms with E-state index in [9.17, 15) is 32.3 Å². The van der Waals surface area contributed by atoms with Gasteiger partial charge in [0.2, 0.25) is 5.91 Å². The third kappa shape index (κ3) is 4.58. The Hall–Kier alpha value is -3.38. The number of carbonyl (C=O) groups excluding carboxylic acids is 1. The maximum Gasteiger partial charge on any atom is 0.573 e. The molecule has 3 aliphatic rings. The van der Waals surface area contributed by atoms with Crippen molar-refractivity contribution in [3.05, 3.63) is 41.0 Å². The molecule has 2 aromatic rings. The fourth-order valence-electron chi connectivity index (χ4n) is 5.82. The van der Waals surface area contributed by atoms with Crippen molar-refractivity contribution in [2.75, 3.05) is 19.6 Å². The van der Waals surface area contributed by atoms with Crippen molar-refractivity contribution in [1.82, 2.24) is 25.2 Å². The minimum absolute atomic E-state index is 0.0618. The number of alkyl halides is 3. The third-order valence-electron chi connectivity index (χ3n) is 7.77. The number of hydrogen-bond donors (Lipinski definition) is 2. The van der Waals surface area contributed by atoms with E-state index in [1.807, 2.05) is 4.90 Å². The zero-order valence-electron chi connectivity index (χ0n) is 19.2. The van der Waals surface area contributed by atoms with Crippen molar-refractivity contribution in [1.29, 1.82) is 0 Å². The van der Waals surface area contributed by atoms with E-state index in [1.165, 1.54) is 11.0 Å². The Morgan fingerprint density at radius 3 is 2.67 bits per heavy atom. The summed E-state index contributed by atoms with van der Waals surface area (Å²) in [5.74, 6) is -2.20. The maximum atomic E-state index is 14.2. The average Bonchev–Trinajstić information content (AvgIpc) is 3.29. The Balaban J connectivity index is 1.24. The summed E-state index contributed by atoms with van der Waals surface area (Å²) in [5, 5.41) is 20.3. The van der Waals surface area contributed by atoms with Gasteiger partial charge in [-0.15, -0.1) is 18.3 Å².